The van der Waals surface area contributed by atoms with Crippen LogP contribution in [-0.2, 0) is 17.1 Å². The molecule has 2 aromatic rings. The van der Waals surface area contributed by atoms with Crippen LogP contribution in [0.1, 0.15) is 10.4 Å². The lowest BCUT2D eigenvalue weighted by molar-refractivity contribution is 0.0697. The molecule has 22 heavy (non-hydrogen) atoms. The Balaban J connectivity index is 2.11. The molecule has 0 saturated carbocycles. The molecule has 1 aromatic heterocycles. The molecule has 0 amide bonds. The van der Waals surface area contributed by atoms with Crippen LogP contribution in [-0.4, -0.2) is 41.3 Å². The molecule has 0 aliphatic carbocycles. The van der Waals surface area contributed by atoms with Crippen molar-refractivity contribution >= 4 is 33.4 Å². The van der Waals surface area contributed by atoms with Crippen molar-refractivity contribution in [2.45, 2.75) is 9.92 Å². The van der Waals surface area contributed by atoms with Crippen LogP contribution in [0.25, 0.3) is 0 Å². The lowest BCUT2D eigenvalue weighted by Gasteiger charge is -2.29. The number of rotatable bonds is 3. The Kier molecular flexibility index (Phi) is 3.61. The van der Waals surface area contributed by atoms with Gasteiger partial charge in [0.15, 0.2) is 5.03 Å². The molecule has 1 aliphatic heterocycles. The van der Waals surface area contributed by atoms with E-state index in [0.717, 1.165) is 4.90 Å². The van der Waals surface area contributed by atoms with Crippen molar-refractivity contribution in [3.8, 4) is 0 Å². The van der Waals surface area contributed by atoms with Gasteiger partial charge in [-0.15, -0.1) is 11.8 Å². The van der Waals surface area contributed by atoms with Gasteiger partial charge in [0.1, 0.15) is 0 Å². The molecule has 7 nitrogen and oxygen atoms in total. The maximum absolute atomic E-state index is 12.7. The minimum atomic E-state index is -3.80. The lowest BCUT2D eigenvalue weighted by Crippen LogP contribution is -2.35. The van der Waals surface area contributed by atoms with Crippen LogP contribution >= 0.6 is 11.8 Å². The van der Waals surface area contributed by atoms with Crippen LogP contribution in [0.15, 0.2) is 40.6 Å². The van der Waals surface area contributed by atoms with Gasteiger partial charge in [0.05, 0.1) is 17.6 Å². The molecule has 0 spiro atoms. The third kappa shape index (κ3) is 2.46. The molecule has 116 valence electrons. The second kappa shape index (κ2) is 5.33. The first kappa shape index (κ1) is 14.9. The molecule has 2 heterocycles. The van der Waals surface area contributed by atoms with Crippen LogP contribution < -0.4 is 4.31 Å². The normalized spacial score (nSPS) is 14.7. The first-order valence-electron chi connectivity index (χ1n) is 6.40. The van der Waals surface area contributed by atoms with Crippen molar-refractivity contribution in [2.24, 2.45) is 7.05 Å². The zero-order chi connectivity index (χ0) is 15.9. The molecule has 0 radical (unpaired) electrons. The fraction of sp³-hybridized carbons (Fsp3) is 0.231. The summed E-state index contributed by atoms with van der Waals surface area (Å²) in [5, 5.41) is 9.06. The molecule has 0 atom stereocenters. The van der Waals surface area contributed by atoms with E-state index in [-0.39, 0.29) is 17.1 Å². The van der Waals surface area contributed by atoms with Gasteiger partial charge in [-0.1, -0.05) is 0 Å². The predicted molar refractivity (Wildman–Crippen MR) is 81.9 cm³/mol. The summed E-state index contributed by atoms with van der Waals surface area (Å²) < 4.78 is 28.3. The number of aromatic carboxylic acids is 1. The van der Waals surface area contributed by atoms with Gasteiger partial charge in [0.2, 0.25) is 0 Å². The molecular weight excluding hydrogens is 326 g/mol. The topological polar surface area (TPSA) is 92.5 Å². The van der Waals surface area contributed by atoms with E-state index >= 15 is 0 Å². The molecule has 0 unspecified atom stereocenters. The van der Waals surface area contributed by atoms with E-state index in [2.05, 4.69) is 4.98 Å². The van der Waals surface area contributed by atoms with Crippen LogP contribution in [0, 0.1) is 0 Å². The van der Waals surface area contributed by atoms with Crippen LogP contribution in [0.5, 0.6) is 0 Å². The number of sulfonamides is 1. The summed E-state index contributed by atoms with van der Waals surface area (Å²) in [7, 11) is -2.11. The predicted octanol–water partition coefficient (Wildman–Crippen LogP) is 1.42. The summed E-state index contributed by atoms with van der Waals surface area (Å²) >= 11 is 1.50. The second-order valence-corrected chi connectivity index (χ2v) is 7.74. The van der Waals surface area contributed by atoms with E-state index in [1.54, 1.807) is 17.7 Å². The van der Waals surface area contributed by atoms with E-state index in [1.165, 1.54) is 40.7 Å². The SMILES string of the molecule is Cn1cnc(S(=O)(=O)N2CCSc3ccc(C(=O)O)cc32)c1. The van der Waals surface area contributed by atoms with Gasteiger partial charge in [-0.2, -0.15) is 8.42 Å². The Morgan fingerprint density at radius 1 is 1.41 bits per heavy atom. The molecule has 0 fully saturated rings. The van der Waals surface area contributed by atoms with E-state index in [4.69, 9.17) is 5.11 Å². The van der Waals surface area contributed by atoms with E-state index in [1.807, 2.05) is 0 Å². The maximum Gasteiger partial charge on any atom is 0.335 e. The maximum atomic E-state index is 12.7. The molecule has 0 saturated heterocycles. The second-order valence-electron chi connectivity index (χ2n) is 4.79. The van der Waals surface area contributed by atoms with Crippen LogP contribution in [0.3, 0.4) is 0 Å². The standard InChI is InChI=1S/C13H13N3O4S2/c1-15-7-12(14-8-15)22(19,20)16-4-5-21-11-3-2-9(13(17)18)6-10(11)16/h2-3,6-8H,4-5H2,1H3,(H,17,18). The summed E-state index contributed by atoms with van der Waals surface area (Å²) in [5.74, 6) is -0.487. The van der Waals surface area contributed by atoms with E-state index in [0.29, 0.717) is 11.4 Å². The largest absolute Gasteiger partial charge is 0.478 e. The number of hydrogen-bond donors (Lipinski definition) is 1. The zero-order valence-electron chi connectivity index (χ0n) is 11.6. The number of benzene rings is 1. The Bertz CT molecular complexity index is 845. The van der Waals surface area contributed by atoms with Crippen molar-refractivity contribution in [1.82, 2.24) is 9.55 Å². The monoisotopic (exact) mass is 339 g/mol. The number of anilines is 1. The molecule has 3 rings (SSSR count). The van der Waals surface area contributed by atoms with Crippen molar-refractivity contribution < 1.29 is 18.3 Å². The average Bonchev–Trinajstić information content (AvgIpc) is 2.93. The first-order chi connectivity index (χ1) is 10.4. The molecule has 9 heteroatoms. The fourth-order valence-electron chi connectivity index (χ4n) is 2.21. The van der Waals surface area contributed by atoms with Crippen molar-refractivity contribution in [1.29, 1.82) is 0 Å². The van der Waals surface area contributed by atoms with Crippen LogP contribution in [0.2, 0.25) is 0 Å². The number of aromatic nitrogens is 2. The number of carbonyl (C=O) groups is 1. The molecule has 1 aliphatic rings. The summed E-state index contributed by atoms with van der Waals surface area (Å²) in [6.45, 7) is 0.277. The van der Waals surface area contributed by atoms with E-state index < -0.39 is 16.0 Å². The number of hydrogen-bond acceptors (Lipinski definition) is 5. The molecule has 1 N–H and O–H groups in total. The molecular formula is C13H13N3O4S2. The summed E-state index contributed by atoms with van der Waals surface area (Å²) in [5.41, 5.74) is 0.448. The number of aryl methyl sites for hydroxylation is 1. The first-order valence-corrected chi connectivity index (χ1v) is 8.83. The highest BCUT2D eigenvalue weighted by Crippen LogP contribution is 2.38. The smallest absolute Gasteiger partial charge is 0.335 e. The lowest BCUT2D eigenvalue weighted by atomic mass is 10.2. The fourth-order valence-corrected chi connectivity index (χ4v) is 4.81. The average molecular weight is 339 g/mol. The summed E-state index contributed by atoms with van der Waals surface area (Å²) in [6.07, 6.45) is 2.85. The zero-order valence-corrected chi connectivity index (χ0v) is 13.3. The van der Waals surface area contributed by atoms with Crippen molar-refractivity contribution in [3.05, 3.63) is 36.3 Å². The number of carboxylic acids is 1. The highest BCUT2D eigenvalue weighted by molar-refractivity contribution is 8.00. The highest BCUT2D eigenvalue weighted by Gasteiger charge is 2.31. The van der Waals surface area contributed by atoms with Gasteiger partial charge in [-0.25, -0.2) is 9.78 Å². The molecule has 1 aromatic carbocycles. The third-order valence-electron chi connectivity index (χ3n) is 3.26. The van der Waals surface area contributed by atoms with Gasteiger partial charge in [0.25, 0.3) is 10.0 Å². The summed E-state index contributed by atoms with van der Waals surface area (Å²) in [6, 6.07) is 4.51. The van der Waals surface area contributed by atoms with Gasteiger partial charge in [-0.3, -0.25) is 4.31 Å². The van der Waals surface area contributed by atoms with E-state index in [9.17, 15) is 13.2 Å². The van der Waals surface area contributed by atoms with Crippen molar-refractivity contribution in [2.75, 3.05) is 16.6 Å². The van der Waals surface area contributed by atoms with Gasteiger partial charge in [-0.05, 0) is 18.2 Å². The number of thioether (sulfide) groups is 1. The summed E-state index contributed by atoms with van der Waals surface area (Å²) in [4.78, 5) is 15.8. The minimum Gasteiger partial charge on any atom is -0.478 e. The van der Waals surface area contributed by atoms with Gasteiger partial charge < -0.3 is 9.67 Å². The number of nitrogens with zero attached hydrogens (tertiary/aromatic N) is 3. The van der Waals surface area contributed by atoms with Crippen molar-refractivity contribution in [3.63, 3.8) is 0 Å². The van der Waals surface area contributed by atoms with Gasteiger partial charge >= 0.3 is 5.97 Å². The third-order valence-corrected chi connectivity index (χ3v) is 6.00. The Labute approximate surface area is 131 Å². The Hall–Kier alpha value is -2.00. The number of fused-ring (bicyclic) bond motifs is 1. The van der Waals surface area contributed by atoms with Gasteiger partial charge in [0, 0.05) is 30.4 Å². The number of carboxylic acid groups (broad SMARTS) is 1. The highest BCUT2D eigenvalue weighted by atomic mass is 32.2. The Morgan fingerprint density at radius 2 is 2.18 bits per heavy atom. The molecule has 0 bridgehead atoms. The Morgan fingerprint density at radius 3 is 2.82 bits per heavy atom. The number of imidazole rings is 1. The quantitative estimate of drug-likeness (QED) is 0.909. The van der Waals surface area contributed by atoms with Crippen LogP contribution in [0.4, 0.5) is 5.69 Å². The minimum absolute atomic E-state index is 0.0476.